The number of anilines is 1. The van der Waals surface area contributed by atoms with Crippen LogP contribution >= 0.6 is 15.9 Å². The van der Waals surface area contributed by atoms with Crippen LogP contribution in [0.1, 0.15) is 38.2 Å². The van der Waals surface area contributed by atoms with E-state index in [1.165, 1.54) is 5.69 Å². The molecule has 7 heteroatoms. The van der Waals surface area contributed by atoms with Gasteiger partial charge < -0.3 is 20.1 Å². The van der Waals surface area contributed by atoms with Gasteiger partial charge in [-0.3, -0.25) is 4.79 Å². The second-order valence-corrected chi connectivity index (χ2v) is 12.1. The van der Waals surface area contributed by atoms with Crippen molar-refractivity contribution < 1.29 is 4.79 Å². The zero-order chi connectivity index (χ0) is 26.3. The summed E-state index contributed by atoms with van der Waals surface area (Å²) in [5.74, 6) is 0.0422. The molecule has 2 atom stereocenters. The van der Waals surface area contributed by atoms with E-state index in [1.54, 1.807) is 0 Å². The Morgan fingerprint density at radius 1 is 1.03 bits per heavy atom. The molecule has 2 saturated heterocycles. The molecule has 0 spiro atoms. The van der Waals surface area contributed by atoms with Gasteiger partial charge in [0.2, 0.25) is 5.91 Å². The largest absolute Gasteiger partial charge is 0.367 e. The third-order valence-electron chi connectivity index (χ3n) is 8.10. The van der Waals surface area contributed by atoms with Crippen LogP contribution in [0.15, 0.2) is 77.5 Å². The van der Waals surface area contributed by atoms with Crippen LogP contribution in [0.5, 0.6) is 0 Å². The number of hydrogen-bond acceptors (Lipinski definition) is 4. The highest BCUT2D eigenvalue weighted by molar-refractivity contribution is 9.10. The number of carbonyl (C=O) groups excluding carboxylic acids is 1. The predicted molar refractivity (Wildman–Crippen MR) is 157 cm³/mol. The Morgan fingerprint density at radius 2 is 1.76 bits per heavy atom. The van der Waals surface area contributed by atoms with Gasteiger partial charge in [0.15, 0.2) is 0 Å². The monoisotopic (exact) mass is 571 g/mol. The summed E-state index contributed by atoms with van der Waals surface area (Å²) in [6.45, 7) is 7.43. The highest BCUT2D eigenvalue weighted by Crippen LogP contribution is 2.38. The zero-order valence-corrected chi connectivity index (χ0v) is 23.5. The Hall–Kier alpha value is -3.16. The number of halogens is 1. The summed E-state index contributed by atoms with van der Waals surface area (Å²) >= 11 is 3.55. The van der Waals surface area contributed by atoms with Crippen molar-refractivity contribution in [3.8, 4) is 11.1 Å². The van der Waals surface area contributed by atoms with Crippen LogP contribution in [0.25, 0.3) is 22.2 Å². The van der Waals surface area contributed by atoms with Gasteiger partial charge in [-0.1, -0.05) is 58.4 Å². The number of H-pyrrole nitrogens is 1. The topological polar surface area (TPSA) is 64.3 Å². The molecule has 6 rings (SSSR count). The van der Waals surface area contributed by atoms with Crippen LogP contribution in [-0.4, -0.2) is 58.5 Å². The molecule has 0 saturated carbocycles. The molecule has 2 aliphatic rings. The maximum Gasteiger partial charge on any atom is 0.231 e. The fourth-order valence-electron chi connectivity index (χ4n) is 6.14. The lowest BCUT2D eigenvalue weighted by Crippen LogP contribution is -2.53. The van der Waals surface area contributed by atoms with E-state index < -0.39 is 0 Å². The Balaban J connectivity index is 1.26. The van der Waals surface area contributed by atoms with Crippen molar-refractivity contribution in [3.05, 3.63) is 83.1 Å². The third-order valence-corrected chi connectivity index (χ3v) is 8.63. The third kappa shape index (κ3) is 4.85. The predicted octanol–water partition coefficient (Wildman–Crippen LogP) is 5.96. The number of carbonyl (C=O) groups is 1. The highest BCUT2D eigenvalue weighted by atomic mass is 79.9. The van der Waals surface area contributed by atoms with Crippen molar-refractivity contribution in [1.29, 1.82) is 0 Å². The molecule has 4 aromatic rings. The lowest BCUT2D eigenvalue weighted by atomic mass is 9.88. The molecular formula is C31H34BrN5O. The number of amides is 1. The fraction of sp³-hybridized carbons (Fsp3) is 0.355. The van der Waals surface area contributed by atoms with E-state index in [-0.39, 0.29) is 23.4 Å². The first-order chi connectivity index (χ1) is 18.4. The summed E-state index contributed by atoms with van der Waals surface area (Å²) in [4.78, 5) is 26.6. The Kier molecular flexibility index (Phi) is 6.74. The number of fused-ring (bicyclic) bond motifs is 1. The lowest BCUT2D eigenvalue weighted by Gasteiger charge is -2.39. The molecule has 2 unspecified atom stereocenters. The number of pyridine rings is 1. The van der Waals surface area contributed by atoms with Crippen molar-refractivity contribution >= 4 is 38.6 Å². The standard InChI is InChI=1S/C31H34BrN5O/c1-31(2)14-12-26(35-31)27(22-8-10-23(32)11-9-22)30(38)37-18-16-36(17-19-37)28-24-13-15-33-29(24)34-20-25(28)21-6-4-3-5-7-21/h3-11,13,15,20,26-27,35H,12,14,16-19H2,1-2H3,(H,33,34). The molecular weight excluding hydrogens is 538 g/mol. The second kappa shape index (κ2) is 10.2. The number of piperazine rings is 1. The average Bonchev–Trinajstić information content (AvgIpc) is 3.56. The number of hydrogen-bond donors (Lipinski definition) is 2. The average molecular weight is 573 g/mol. The van der Waals surface area contributed by atoms with Crippen molar-refractivity contribution in [3.63, 3.8) is 0 Å². The maximum absolute atomic E-state index is 14.1. The zero-order valence-electron chi connectivity index (χ0n) is 22.0. The normalized spacial score (nSPS) is 20.1. The van der Waals surface area contributed by atoms with E-state index >= 15 is 0 Å². The van der Waals surface area contributed by atoms with Gasteiger partial charge in [0.25, 0.3) is 0 Å². The molecule has 0 radical (unpaired) electrons. The van der Waals surface area contributed by atoms with Crippen LogP contribution in [0.2, 0.25) is 0 Å². The van der Waals surface area contributed by atoms with Gasteiger partial charge in [-0.2, -0.15) is 0 Å². The molecule has 1 amide bonds. The maximum atomic E-state index is 14.1. The minimum Gasteiger partial charge on any atom is -0.367 e. The van der Waals surface area contributed by atoms with E-state index in [4.69, 9.17) is 0 Å². The van der Waals surface area contributed by atoms with Gasteiger partial charge >= 0.3 is 0 Å². The molecule has 2 aromatic heterocycles. The van der Waals surface area contributed by atoms with E-state index in [1.807, 2.05) is 30.6 Å². The number of aromatic nitrogens is 2. The van der Waals surface area contributed by atoms with Crippen molar-refractivity contribution in [2.45, 2.75) is 44.2 Å². The van der Waals surface area contributed by atoms with Crippen LogP contribution < -0.4 is 10.2 Å². The number of rotatable bonds is 5. The summed E-state index contributed by atoms with van der Waals surface area (Å²) < 4.78 is 1.03. The second-order valence-electron chi connectivity index (χ2n) is 11.1. The summed E-state index contributed by atoms with van der Waals surface area (Å²) in [5.41, 5.74) is 5.50. The van der Waals surface area contributed by atoms with E-state index in [9.17, 15) is 4.79 Å². The first-order valence-corrected chi connectivity index (χ1v) is 14.3. The smallest absolute Gasteiger partial charge is 0.231 e. The number of nitrogens with zero attached hydrogens (tertiary/aromatic N) is 3. The van der Waals surface area contributed by atoms with Crippen molar-refractivity contribution in [2.75, 3.05) is 31.1 Å². The van der Waals surface area contributed by atoms with Crippen LogP contribution in [0, 0.1) is 0 Å². The minimum atomic E-state index is -0.186. The van der Waals surface area contributed by atoms with Gasteiger partial charge in [0, 0.05) is 65.6 Å². The Bertz CT molecular complexity index is 1420. The lowest BCUT2D eigenvalue weighted by molar-refractivity contribution is -0.133. The first-order valence-electron chi connectivity index (χ1n) is 13.5. The highest BCUT2D eigenvalue weighted by Gasteiger charge is 2.40. The molecule has 2 fully saturated rings. The van der Waals surface area contributed by atoms with Gasteiger partial charge in [-0.05, 0) is 56.0 Å². The van der Waals surface area contributed by atoms with E-state index in [0.29, 0.717) is 13.1 Å². The van der Waals surface area contributed by atoms with Crippen molar-refractivity contribution in [2.24, 2.45) is 0 Å². The van der Waals surface area contributed by atoms with E-state index in [0.717, 1.165) is 58.1 Å². The number of benzene rings is 2. The molecule has 4 heterocycles. The van der Waals surface area contributed by atoms with Gasteiger partial charge in [-0.25, -0.2) is 4.98 Å². The Labute approximate surface area is 232 Å². The number of nitrogens with one attached hydrogen (secondary N) is 2. The summed E-state index contributed by atoms with van der Waals surface area (Å²) in [5, 5.41) is 4.88. The molecule has 2 N–H and O–H groups in total. The minimum absolute atomic E-state index is 0.0500. The van der Waals surface area contributed by atoms with Gasteiger partial charge in [0.05, 0.1) is 11.6 Å². The van der Waals surface area contributed by atoms with Gasteiger partial charge in [0.1, 0.15) is 5.65 Å². The van der Waals surface area contributed by atoms with Gasteiger partial charge in [-0.15, -0.1) is 0 Å². The number of aromatic amines is 1. The SMILES string of the molecule is CC1(C)CCC(C(C(=O)N2CCN(c3c(-c4ccccc4)cnc4[nH]ccc34)CC2)c2ccc(Br)cc2)N1. The molecule has 196 valence electrons. The molecule has 2 aromatic carbocycles. The molecule has 0 bridgehead atoms. The van der Waals surface area contributed by atoms with Crippen LogP contribution in [0.3, 0.4) is 0 Å². The quantitative estimate of drug-likeness (QED) is 0.310. The molecule has 6 nitrogen and oxygen atoms in total. The van der Waals surface area contributed by atoms with Crippen LogP contribution in [-0.2, 0) is 4.79 Å². The van der Waals surface area contributed by atoms with E-state index in [2.05, 4.69) is 97.3 Å². The summed E-state index contributed by atoms with van der Waals surface area (Å²) in [6.07, 6.45) is 6.00. The first kappa shape index (κ1) is 25.1. The molecule has 38 heavy (non-hydrogen) atoms. The van der Waals surface area contributed by atoms with Crippen LogP contribution in [0.4, 0.5) is 5.69 Å². The summed E-state index contributed by atoms with van der Waals surface area (Å²) in [6, 6.07) is 21.0. The molecule has 2 aliphatic heterocycles. The van der Waals surface area contributed by atoms with Crippen molar-refractivity contribution in [1.82, 2.24) is 20.2 Å². The molecule has 0 aliphatic carbocycles. The summed E-state index contributed by atoms with van der Waals surface area (Å²) in [7, 11) is 0. The fourth-order valence-corrected chi connectivity index (χ4v) is 6.40. The Morgan fingerprint density at radius 3 is 2.45 bits per heavy atom.